The van der Waals surface area contributed by atoms with Crippen LogP contribution >= 0.6 is 27.3 Å². The molecule has 0 aromatic carbocycles. The lowest BCUT2D eigenvalue weighted by Gasteiger charge is -2.48. The van der Waals surface area contributed by atoms with Gasteiger partial charge < -0.3 is 9.80 Å². The first-order valence-electron chi connectivity index (χ1n) is 8.15. The average molecular weight is 407 g/mol. The van der Waals surface area contributed by atoms with Crippen LogP contribution in [0.2, 0.25) is 0 Å². The van der Waals surface area contributed by atoms with Gasteiger partial charge in [-0.3, -0.25) is 9.69 Å². The molecule has 0 saturated carbocycles. The van der Waals surface area contributed by atoms with E-state index < -0.39 is 0 Å². The standard InChI is InChI=1S/C17H19BrN4OS/c18-15-5-4-14(24-15)17(23)22-11-13(12-22)20-7-9-21(10-8-20)16-3-1-2-6-19-16/h1-6,13H,7-12H2. The highest BCUT2D eigenvalue weighted by Gasteiger charge is 2.36. The van der Waals surface area contributed by atoms with E-state index in [0.29, 0.717) is 6.04 Å². The van der Waals surface area contributed by atoms with Crippen molar-refractivity contribution in [3.63, 3.8) is 0 Å². The highest BCUT2D eigenvalue weighted by atomic mass is 79.9. The minimum Gasteiger partial charge on any atom is -0.354 e. The fraction of sp³-hybridized carbons (Fsp3) is 0.412. The molecule has 4 heterocycles. The highest BCUT2D eigenvalue weighted by molar-refractivity contribution is 9.11. The quantitative estimate of drug-likeness (QED) is 0.784. The zero-order valence-corrected chi connectivity index (χ0v) is 15.7. The van der Waals surface area contributed by atoms with Crippen LogP contribution in [-0.4, -0.2) is 66.0 Å². The smallest absolute Gasteiger partial charge is 0.264 e. The highest BCUT2D eigenvalue weighted by Crippen LogP contribution is 2.26. The molecule has 2 aliphatic heterocycles. The fourth-order valence-corrected chi connectivity index (χ4v) is 4.65. The van der Waals surface area contributed by atoms with Gasteiger partial charge >= 0.3 is 0 Å². The molecule has 0 N–H and O–H groups in total. The SMILES string of the molecule is O=C(c1ccc(Br)s1)N1CC(N2CCN(c3ccccn3)CC2)C1. The number of hydrogen-bond acceptors (Lipinski definition) is 5. The largest absolute Gasteiger partial charge is 0.354 e. The van der Waals surface area contributed by atoms with Crippen LogP contribution in [0, 0.1) is 0 Å². The van der Waals surface area contributed by atoms with Crippen molar-refractivity contribution in [2.75, 3.05) is 44.2 Å². The number of hydrogen-bond donors (Lipinski definition) is 0. The predicted molar refractivity (Wildman–Crippen MR) is 99.7 cm³/mol. The number of carbonyl (C=O) groups excluding carboxylic acids is 1. The topological polar surface area (TPSA) is 39.7 Å². The van der Waals surface area contributed by atoms with E-state index in [0.717, 1.165) is 53.7 Å². The van der Waals surface area contributed by atoms with E-state index in [-0.39, 0.29) is 5.91 Å². The summed E-state index contributed by atoms with van der Waals surface area (Å²) in [7, 11) is 0. The Kier molecular flexibility index (Phi) is 4.56. The third kappa shape index (κ3) is 3.20. The summed E-state index contributed by atoms with van der Waals surface area (Å²) in [6.07, 6.45) is 1.85. The molecule has 126 valence electrons. The Morgan fingerprint density at radius 3 is 2.54 bits per heavy atom. The van der Waals surface area contributed by atoms with Gasteiger partial charge in [0.15, 0.2) is 0 Å². The number of halogens is 1. The molecule has 0 spiro atoms. The molecule has 5 nitrogen and oxygen atoms in total. The predicted octanol–water partition coefficient (Wildman–Crippen LogP) is 2.55. The van der Waals surface area contributed by atoms with Gasteiger partial charge in [0.2, 0.25) is 0 Å². The lowest BCUT2D eigenvalue weighted by molar-refractivity contribution is 0.0250. The van der Waals surface area contributed by atoms with Crippen molar-refractivity contribution >= 4 is 39.0 Å². The number of aromatic nitrogens is 1. The zero-order valence-electron chi connectivity index (χ0n) is 13.3. The van der Waals surface area contributed by atoms with Crippen molar-refractivity contribution in [2.24, 2.45) is 0 Å². The van der Waals surface area contributed by atoms with Crippen LogP contribution in [0.1, 0.15) is 9.67 Å². The van der Waals surface area contributed by atoms with Gasteiger partial charge in [0, 0.05) is 51.5 Å². The molecule has 0 aliphatic carbocycles. The monoisotopic (exact) mass is 406 g/mol. The molecular formula is C17H19BrN4OS. The van der Waals surface area contributed by atoms with Gasteiger partial charge in [0.1, 0.15) is 5.82 Å². The molecule has 2 aromatic heterocycles. The van der Waals surface area contributed by atoms with Gasteiger partial charge in [-0.25, -0.2) is 4.98 Å². The summed E-state index contributed by atoms with van der Waals surface area (Å²) in [5, 5.41) is 0. The van der Waals surface area contributed by atoms with E-state index in [1.165, 1.54) is 11.3 Å². The molecular weight excluding hydrogens is 388 g/mol. The molecule has 2 saturated heterocycles. The van der Waals surface area contributed by atoms with Crippen molar-refractivity contribution < 1.29 is 4.79 Å². The molecule has 24 heavy (non-hydrogen) atoms. The number of rotatable bonds is 3. The molecule has 0 radical (unpaired) electrons. The van der Waals surface area contributed by atoms with Crippen molar-refractivity contribution in [3.8, 4) is 0 Å². The van der Waals surface area contributed by atoms with E-state index in [1.807, 2.05) is 35.4 Å². The first kappa shape index (κ1) is 16.1. The van der Waals surface area contributed by atoms with Crippen LogP contribution in [0.4, 0.5) is 5.82 Å². The van der Waals surface area contributed by atoms with E-state index >= 15 is 0 Å². The number of amides is 1. The molecule has 0 bridgehead atoms. The third-order valence-electron chi connectivity index (χ3n) is 4.74. The van der Waals surface area contributed by atoms with Crippen LogP contribution in [-0.2, 0) is 0 Å². The second kappa shape index (κ2) is 6.82. The average Bonchev–Trinajstić information content (AvgIpc) is 3.01. The number of nitrogens with zero attached hydrogens (tertiary/aromatic N) is 4. The van der Waals surface area contributed by atoms with Crippen molar-refractivity contribution in [2.45, 2.75) is 6.04 Å². The molecule has 2 aliphatic rings. The van der Waals surface area contributed by atoms with Crippen molar-refractivity contribution in [1.82, 2.24) is 14.8 Å². The first-order chi connectivity index (χ1) is 11.7. The lowest BCUT2D eigenvalue weighted by Crippen LogP contribution is -2.64. The van der Waals surface area contributed by atoms with Crippen LogP contribution in [0.5, 0.6) is 0 Å². The van der Waals surface area contributed by atoms with Crippen LogP contribution < -0.4 is 4.90 Å². The second-order valence-electron chi connectivity index (χ2n) is 6.18. The first-order valence-corrected chi connectivity index (χ1v) is 9.76. The summed E-state index contributed by atoms with van der Waals surface area (Å²) in [5.74, 6) is 1.22. The number of likely N-dealkylation sites (tertiary alicyclic amines) is 1. The Balaban J connectivity index is 1.27. The Morgan fingerprint density at radius 1 is 1.12 bits per heavy atom. The Labute approximate surface area is 154 Å². The number of anilines is 1. The van der Waals surface area contributed by atoms with Gasteiger partial charge in [0.25, 0.3) is 5.91 Å². The molecule has 1 amide bonds. The summed E-state index contributed by atoms with van der Waals surface area (Å²) >= 11 is 4.92. The van der Waals surface area contributed by atoms with Crippen LogP contribution in [0.15, 0.2) is 40.3 Å². The minimum absolute atomic E-state index is 0.161. The minimum atomic E-state index is 0.161. The molecule has 2 fully saturated rings. The van der Waals surface area contributed by atoms with E-state index in [4.69, 9.17) is 0 Å². The normalized spacial score (nSPS) is 19.4. The number of pyridine rings is 1. The van der Waals surface area contributed by atoms with Gasteiger partial charge in [-0.1, -0.05) is 6.07 Å². The summed E-state index contributed by atoms with van der Waals surface area (Å²) in [6, 6.07) is 10.4. The summed E-state index contributed by atoms with van der Waals surface area (Å²) in [6.45, 7) is 5.76. The van der Waals surface area contributed by atoms with Crippen LogP contribution in [0.25, 0.3) is 0 Å². The third-order valence-corrected chi connectivity index (χ3v) is 6.35. The Bertz CT molecular complexity index is 708. The molecule has 4 rings (SSSR count). The molecule has 0 unspecified atom stereocenters. The number of carbonyl (C=O) groups is 1. The van der Waals surface area contributed by atoms with Crippen molar-refractivity contribution in [3.05, 3.63) is 45.2 Å². The lowest BCUT2D eigenvalue weighted by atomic mass is 10.1. The molecule has 7 heteroatoms. The van der Waals surface area contributed by atoms with E-state index in [2.05, 4.69) is 36.8 Å². The maximum atomic E-state index is 12.4. The number of thiophene rings is 1. The fourth-order valence-electron chi connectivity index (χ4n) is 3.29. The summed E-state index contributed by atoms with van der Waals surface area (Å²) < 4.78 is 1.01. The van der Waals surface area contributed by atoms with Gasteiger partial charge in [0.05, 0.1) is 8.66 Å². The van der Waals surface area contributed by atoms with Crippen LogP contribution in [0.3, 0.4) is 0 Å². The zero-order chi connectivity index (χ0) is 16.5. The summed E-state index contributed by atoms with van der Waals surface area (Å²) in [5.41, 5.74) is 0. The Hall–Kier alpha value is -1.44. The van der Waals surface area contributed by atoms with E-state index in [9.17, 15) is 4.79 Å². The second-order valence-corrected chi connectivity index (χ2v) is 8.64. The van der Waals surface area contributed by atoms with Gasteiger partial charge in [-0.15, -0.1) is 11.3 Å². The molecule has 2 aromatic rings. The molecule has 0 atom stereocenters. The Morgan fingerprint density at radius 2 is 1.92 bits per heavy atom. The maximum absolute atomic E-state index is 12.4. The number of piperazine rings is 1. The van der Waals surface area contributed by atoms with Crippen molar-refractivity contribution in [1.29, 1.82) is 0 Å². The maximum Gasteiger partial charge on any atom is 0.264 e. The van der Waals surface area contributed by atoms with Gasteiger partial charge in [-0.2, -0.15) is 0 Å². The van der Waals surface area contributed by atoms with E-state index in [1.54, 1.807) is 0 Å². The summed E-state index contributed by atoms with van der Waals surface area (Å²) in [4.78, 5) is 24.4. The van der Waals surface area contributed by atoms with Gasteiger partial charge in [-0.05, 0) is 40.2 Å².